The van der Waals surface area contributed by atoms with Gasteiger partial charge in [0.05, 0.1) is 5.69 Å². The fourth-order valence-electron chi connectivity index (χ4n) is 2.40. The molecule has 0 aliphatic carbocycles. The number of nitrogens with one attached hydrogen (secondary N) is 2. The fraction of sp³-hybridized carbons (Fsp3) is 0.105. The zero-order valence-electron chi connectivity index (χ0n) is 14.2. The molecule has 26 heavy (non-hydrogen) atoms. The van der Waals surface area contributed by atoms with Crippen LogP contribution in [0.2, 0.25) is 0 Å². The van der Waals surface area contributed by atoms with Crippen LogP contribution in [-0.2, 0) is 0 Å². The van der Waals surface area contributed by atoms with Crippen LogP contribution in [0.4, 0.5) is 26.0 Å². The molecule has 3 aromatic rings. The van der Waals surface area contributed by atoms with Crippen molar-refractivity contribution in [3.63, 3.8) is 0 Å². The summed E-state index contributed by atoms with van der Waals surface area (Å²) in [6.07, 6.45) is 0. The SMILES string of the molecule is Cc1cccc(Nc2cc(C(=O)Nc3ccc(F)cc3F)nc(C)n2)c1. The second-order valence-electron chi connectivity index (χ2n) is 5.76. The Hall–Kier alpha value is -3.35. The van der Waals surface area contributed by atoms with Crippen LogP contribution in [0.1, 0.15) is 21.9 Å². The van der Waals surface area contributed by atoms with Gasteiger partial charge in [-0.15, -0.1) is 0 Å². The highest BCUT2D eigenvalue weighted by molar-refractivity contribution is 6.03. The molecule has 0 bridgehead atoms. The number of halogens is 2. The number of rotatable bonds is 4. The maximum Gasteiger partial charge on any atom is 0.274 e. The third-order valence-corrected chi connectivity index (χ3v) is 3.54. The Bertz CT molecular complexity index is 976. The first-order valence-corrected chi connectivity index (χ1v) is 7.86. The van der Waals surface area contributed by atoms with E-state index in [1.165, 1.54) is 6.07 Å². The van der Waals surface area contributed by atoms with Gasteiger partial charge in [-0.1, -0.05) is 12.1 Å². The Balaban J connectivity index is 1.83. The number of anilines is 3. The van der Waals surface area contributed by atoms with E-state index in [0.717, 1.165) is 23.4 Å². The van der Waals surface area contributed by atoms with Crippen molar-refractivity contribution in [1.29, 1.82) is 0 Å². The molecule has 7 heteroatoms. The summed E-state index contributed by atoms with van der Waals surface area (Å²) in [6.45, 7) is 3.61. The first-order valence-electron chi connectivity index (χ1n) is 7.86. The molecule has 0 fully saturated rings. The van der Waals surface area contributed by atoms with E-state index in [2.05, 4.69) is 20.6 Å². The average molecular weight is 354 g/mol. The summed E-state index contributed by atoms with van der Waals surface area (Å²) in [5.41, 5.74) is 1.84. The minimum Gasteiger partial charge on any atom is -0.340 e. The largest absolute Gasteiger partial charge is 0.340 e. The monoisotopic (exact) mass is 354 g/mol. The molecular formula is C19H16F2N4O. The van der Waals surface area contributed by atoms with E-state index in [-0.39, 0.29) is 11.4 Å². The number of benzene rings is 2. The van der Waals surface area contributed by atoms with Crippen molar-refractivity contribution in [2.45, 2.75) is 13.8 Å². The Morgan fingerprint density at radius 3 is 2.54 bits per heavy atom. The number of hydrogen-bond acceptors (Lipinski definition) is 4. The van der Waals surface area contributed by atoms with Crippen molar-refractivity contribution >= 4 is 23.1 Å². The third kappa shape index (κ3) is 4.18. The van der Waals surface area contributed by atoms with Gasteiger partial charge in [0.25, 0.3) is 5.91 Å². The first kappa shape index (κ1) is 17.5. The van der Waals surface area contributed by atoms with Crippen molar-refractivity contribution in [1.82, 2.24) is 9.97 Å². The molecule has 5 nitrogen and oxygen atoms in total. The average Bonchev–Trinajstić information content (AvgIpc) is 2.57. The third-order valence-electron chi connectivity index (χ3n) is 3.54. The normalized spacial score (nSPS) is 10.5. The lowest BCUT2D eigenvalue weighted by Crippen LogP contribution is -2.16. The molecule has 0 radical (unpaired) electrons. The molecule has 1 aromatic heterocycles. The van der Waals surface area contributed by atoms with Gasteiger partial charge in [-0.05, 0) is 43.7 Å². The van der Waals surface area contributed by atoms with Gasteiger partial charge < -0.3 is 10.6 Å². The minimum atomic E-state index is -0.859. The lowest BCUT2D eigenvalue weighted by molar-refractivity contribution is 0.102. The Kier molecular flexibility index (Phi) is 4.88. The molecule has 2 aromatic carbocycles. The Morgan fingerprint density at radius 2 is 1.81 bits per heavy atom. The predicted molar refractivity (Wildman–Crippen MR) is 95.5 cm³/mol. The van der Waals surface area contributed by atoms with Crippen molar-refractivity contribution in [2.24, 2.45) is 0 Å². The molecule has 2 N–H and O–H groups in total. The Labute approximate surface area is 149 Å². The van der Waals surface area contributed by atoms with Crippen LogP contribution in [0, 0.1) is 25.5 Å². The highest BCUT2D eigenvalue weighted by atomic mass is 19.1. The summed E-state index contributed by atoms with van der Waals surface area (Å²) in [7, 11) is 0. The highest BCUT2D eigenvalue weighted by Gasteiger charge is 2.13. The van der Waals surface area contributed by atoms with Gasteiger partial charge in [0.2, 0.25) is 0 Å². The lowest BCUT2D eigenvalue weighted by Gasteiger charge is -2.10. The smallest absolute Gasteiger partial charge is 0.274 e. The highest BCUT2D eigenvalue weighted by Crippen LogP contribution is 2.19. The summed E-state index contributed by atoms with van der Waals surface area (Å²) in [5.74, 6) is -1.38. The molecule has 0 unspecified atom stereocenters. The molecular weight excluding hydrogens is 338 g/mol. The summed E-state index contributed by atoms with van der Waals surface area (Å²) in [6, 6.07) is 12.1. The first-order chi connectivity index (χ1) is 12.4. The van der Waals surface area contributed by atoms with Crippen molar-refractivity contribution < 1.29 is 13.6 Å². The van der Waals surface area contributed by atoms with Gasteiger partial charge in [-0.25, -0.2) is 18.7 Å². The number of aryl methyl sites for hydroxylation is 2. The van der Waals surface area contributed by atoms with E-state index >= 15 is 0 Å². The van der Waals surface area contributed by atoms with Crippen molar-refractivity contribution in [2.75, 3.05) is 10.6 Å². The molecule has 0 atom stereocenters. The molecule has 0 saturated heterocycles. The van der Waals surface area contributed by atoms with Gasteiger partial charge in [-0.3, -0.25) is 4.79 Å². The van der Waals surface area contributed by atoms with E-state index in [9.17, 15) is 13.6 Å². The molecule has 1 amide bonds. The Morgan fingerprint density at radius 1 is 1.00 bits per heavy atom. The van der Waals surface area contributed by atoms with E-state index in [1.807, 2.05) is 31.2 Å². The standard InChI is InChI=1S/C19H16F2N4O/c1-11-4-3-5-14(8-11)24-18-10-17(22-12(2)23-18)19(26)25-16-7-6-13(20)9-15(16)21/h3-10H,1-2H3,(H,25,26)(H,22,23,24). The van der Waals surface area contributed by atoms with Crippen LogP contribution in [0.5, 0.6) is 0 Å². The zero-order valence-corrected chi connectivity index (χ0v) is 14.2. The number of carbonyl (C=O) groups is 1. The number of carbonyl (C=O) groups excluding carboxylic acids is 1. The van der Waals surface area contributed by atoms with E-state index in [1.54, 1.807) is 6.92 Å². The quantitative estimate of drug-likeness (QED) is 0.730. The second-order valence-corrected chi connectivity index (χ2v) is 5.76. The maximum absolute atomic E-state index is 13.7. The van der Waals surface area contributed by atoms with Gasteiger partial charge >= 0.3 is 0 Å². The summed E-state index contributed by atoms with van der Waals surface area (Å²) < 4.78 is 26.7. The van der Waals surface area contributed by atoms with Gasteiger partial charge in [0, 0.05) is 17.8 Å². The van der Waals surface area contributed by atoms with Gasteiger partial charge in [0.1, 0.15) is 29.0 Å². The molecule has 0 saturated carbocycles. The number of nitrogens with zero attached hydrogens (tertiary/aromatic N) is 2. The summed E-state index contributed by atoms with van der Waals surface area (Å²) in [5, 5.41) is 5.49. The van der Waals surface area contributed by atoms with Crippen LogP contribution in [0.3, 0.4) is 0 Å². The van der Waals surface area contributed by atoms with Crippen LogP contribution in [0.25, 0.3) is 0 Å². The van der Waals surface area contributed by atoms with Crippen LogP contribution in [0.15, 0.2) is 48.5 Å². The van der Waals surface area contributed by atoms with Crippen LogP contribution < -0.4 is 10.6 Å². The van der Waals surface area contributed by atoms with Crippen LogP contribution >= 0.6 is 0 Å². The van der Waals surface area contributed by atoms with Gasteiger partial charge in [-0.2, -0.15) is 0 Å². The molecule has 1 heterocycles. The van der Waals surface area contributed by atoms with E-state index in [4.69, 9.17) is 0 Å². The summed E-state index contributed by atoms with van der Waals surface area (Å²) >= 11 is 0. The van der Waals surface area contributed by atoms with E-state index < -0.39 is 17.5 Å². The molecule has 0 aliphatic rings. The van der Waals surface area contributed by atoms with E-state index in [0.29, 0.717) is 17.7 Å². The zero-order chi connectivity index (χ0) is 18.7. The lowest BCUT2D eigenvalue weighted by atomic mass is 10.2. The van der Waals surface area contributed by atoms with Gasteiger partial charge in [0.15, 0.2) is 0 Å². The number of amides is 1. The number of hydrogen-bond donors (Lipinski definition) is 2. The minimum absolute atomic E-state index is 0.0661. The molecule has 132 valence electrons. The van der Waals surface area contributed by atoms with Crippen LogP contribution in [-0.4, -0.2) is 15.9 Å². The van der Waals surface area contributed by atoms with Crippen molar-refractivity contribution in [3.05, 3.63) is 77.2 Å². The molecule has 3 rings (SSSR count). The fourth-order valence-corrected chi connectivity index (χ4v) is 2.40. The predicted octanol–water partition coefficient (Wildman–Crippen LogP) is 4.37. The maximum atomic E-state index is 13.7. The second kappa shape index (κ2) is 7.26. The molecule has 0 aliphatic heterocycles. The topological polar surface area (TPSA) is 66.9 Å². The molecule has 0 spiro atoms. The van der Waals surface area contributed by atoms with Crippen molar-refractivity contribution in [3.8, 4) is 0 Å². The number of aromatic nitrogens is 2. The summed E-state index contributed by atoms with van der Waals surface area (Å²) in [4.78, 5) is 20.7.